The number of rotatable bonds is 4. The summed E-state index contributed by atoms with van der Waals surface area (Å²) in [6.07, 6.45) is 5.12. The third kappa shape index (κ3) is 2.16. The van der Waals surface area contributed by atoms with Crippen molar-refractivity contribution in [3.8, 4) is 0 Å². The number of hydrogen-bond donors (Lipinski definition) is 2. The molecule has 5 unspecified atom stereocenters. The fourth-order valence-corrected chi connectivity index (χ4v) is 3.77. The molecule has 4 heteroatoms. The Morgan fingerprint density at radius 1 is 1.44 bits per heavy atom. The van der Waals surface area contributed by atoms with E-state index in [1.54, 1.807) is 0 Å². The zero-order chi connectivity index (χ0) is 13.3. The molecular formula is C14H24O4. The molecular weight excluding hydrogens is 232 g/mol. The molecule has 0 bridgehead atoms. The highest BCUT2D eigenvalue weighted by molar-refractivity contribution is 5.70. The van der Waals surface area contributed by atoms with Gasteiger partial charge < -0.3 is 14.9 Å². The van der Waals surface area contributed by atoms with Gasteiger partial charge in [0.1, 0.15) is 0 Å². The molecule has 0 radical (unpaired) electrons. The Kier molecular flexibility index (Phi) is 3.97. The lowest BCUT2D eigenvalue weighted by molar-refractivity contribution is -0.266. The van der Waals surface area contributed by atoms with Crippen LogP contribution in [-0.4, -0.2) is 28.1 Å². The minimum atomic E-state index is -1.20. The summed E-state index contributed by atoms with van der Waals surface area (Å²) in [6, 6.07) is 0. The Labute approximate surface area is 108 Å². The fourth-order valence-electron chi connectivity index (χ4n) is 3.77. The van der Waals surface area contributed by atoms with E-state index in [1.165, 1.54) is 0 Å². The van der Waals surface area contributed by atoms with E-state index in [2.05, 4.69) is 6.92 Å². The predicted octanol–water partition coefficient (Wildman–Crippen LogP) is 2.40. The molecule has 104 valence electrons. The number of aliphatic hydroxyl groups is 1. The first-order valence-corrected chi connectivity index (χ1v) is 7.15. The van der Waals surface area contributed by atoms with Crippen LogP contribution in [0.3, 0.4) is 0 Å². The maximum absolute atomic E-state index is 11.3. The quantitative estimate of drug-likeness (QED) is 0.810. The van der Waals surface area contributed by atoms with Crippen LogP contribution in [0, 0.1) is 17.8 Å². The van der Waals surface area contributed by atoms with Gasteiger partial charge in [-0.3, -0.25) is 4.79 Å². The Bertz CT molecular complexity index is 317. The van der Waals surface area contributed by atoms with E-state index >= 15 is 0 Å². The number of aliphatic carboxylic acids is 1. The lowest BCUT2D eigenvalue weighted by Crippen LogP contribution is -2.50. The second kappa shape index (κ2) is 5.17. The fraction of sp³-hybridized carbons (Fsp3) is 0.929. The topological polar surface area (TPSA) is 66.8 Å². The molecule has 5 atom stereocenters. The smallest absolute Gasteiger partial charge is 0.306 e. The van der Waals surface area contributed by atoms with E-state index in [0.29, 0.717) is 6.42 Å². The zero-order valence-electron chi connectivity index (χ0n) is 11.3. The van der Waals surface area contributed by atoms with Gasteiger partial charge in [-0.25, -0.2) is 0 Å². The van der Waals surface area contributed by atoms with Gasteiger partial charge in [-0.15, -0.1) is 0 Å². The van der Waals surface area contributed by atoms with Crippen LogP contribution in [0.15, 0.2) is 0 Å². The van der Waals surface area contributed by atoms with Crippen molar-refractivity contribution < 1.29 is 19.7 Å². The molecule has 1 saturated carbocycles. The summed E-state index contributed by atoms with van der Waals surface area (Å²) < 4.78 is 5.84. The molecule has 2 rings (SSSR count). The maximum atomic E-state index is 11.3. The van der Waals surface area contributed by atoms with Gasteiger partial charge in [0.2, 0.25) is 0 Å². The van der Waals surface area contributed by atoms with E-state index in [1.807, 2.05) is 6.92 Å². The predicted molar refractivity (Wildman–Crippen MR) is 67.0 cm³/mol. The van der Waals surface area contributed by atoms with Crippen molar-refractivity contribution in [1.82, 2.24) is 0 Å². The van der Waals surface area contributed by atoms with Crippen molar-refractivity contribution in [2.75, 3.05) is 0 Å². The van der Waals surface area contributed by atoms with E-state index in [9.17, 15) is 15.0 Å². The molecule has 0 aromatic heterocycles. The standard InChI is InChI=1S/C14H24O4/c1-3-10-8-9-6-5-7-12(14(9,17)18-10)11(4-2)13(15)16/h9-12,17H,3-8H2,1-2H3,(H,15,16). The molecule has 2 aliphatic rings. The van der Waals surface area contributed by atoms with E-state index in [-0.39, 0.29) is 17.9 Å². The average Bonchev–Trinajstić information content (AvgIpc) is 2.67. The number of hydrogen-bond acceptors (Lipinski definition) is 3. The first-order valence-electron chi connectivity index (χ1n) is 7.15. The SMILES string of the molecule is CCC1CC2CCCC(C(CC)C(=O)O)C2(O)O1. The molecule has 0 amide bonds. The third-order valence-corrected chi connectivity index (χ3v) is 4.78. The van der Waals surface area contributed by atoms with Gasteiger partial charge in [0.05, 0.1) is 12.0 Å². The highest BCUT2D eigenvalue weighted by Crippen LogP contribution is 2.51. The number of ether oxygens (including phenoxy) is 1. The summed E-state index contributed by atoms with van der Waals surface area (Å²) in [5, 5.41) is 20.2. The van der Waals surface area contributed by atoms with Crippen molar-refractivity contribution in [1.29, 1.82) is 0 Å². The molecule has 1 aliphatic heterocycles. The first-order chi connectivity index (χ1) is 8.52. The van der Waals surface area contributed by atoms with Crippen LogP contribution in [0.1, 0.15) is 52.4 Å². The molecule has 1 aliphatic carbocycles. The van der Waals surface area contributed by atoms with E-state index in [0.717, 1.165) is 32.1 Å². The minimum Gasteiger partial charge on any atom is -0.481 e. The van der Waals surface area contributed by atoms with Gasteiger partial charge >= 0.3 is 5.97 Å². The summed E-state index contributed by atoms with van der Waals surface area (Å²) in [6.45, 7) is 3.92. The first kappa shape index (κ1) is 13.8. The Hall–Kier alpha value is -0.610. The third-order valence-electron chi connectivity index (χ3n) is 4.78. The lowest BCUT2D eigenvalue weighted by Gasteiger charge is -2.43. The van der Waals surface area contributed by atoms with E-state index in [4.69, 9.17) is 4.74 Å². The largest absolute Gasteiger partial charge is 0.481 e. The van der Waals surface area contributed by atoms with Crippen LogP contribution >= 0.6 is 0 Å². The average molecular weight is 256 g/mol. The van der Waals surface area contributed by atoms with Gasteiger partial charge in [0.15, 0.2) is 5.79 Å². The van der Waals surface area contributed by atoms with Crippen molar-refractivity contribution in [2.24, 2.45) is 17.8 Å². The Morgan fingerprint density at radius 2 is 2.17 bits per heavy atom. The molecule has 1 saturated heterocycles. The minimum absolute atomic E-state index is 0.0897. The van der Waals surface area contributed by atoms with Crippen LogP contribution in [-0.2, 0) is 9.53 Å². The number of carboxylic acid groups (broad SMARTS) is 1. The van der Waals surface area contributed by atoms with Crippen LogP contribution in [0.4, 0.5) is 0 Å². The van der Waals surface area contributed by atoms with Crippen LogP contribution in [0.2, 0.25) is 0 Å². The van der Waals surface area contributed by atoms with Gasteiger partial charge in [-0.05, 0) is 32.1 Å². The van der Waals surface area contributed by atoms with Crippen LogP contribution < -0.4 is 0 Å². The van der Waals surface area contributed by atoms with Gasteiger partial charge in [-0.2, -0.15) is 0 Å². The molecule has 0 aromatic rings. The van der Waals surface area contributed by atoms with E-state index < -0.39 is 17.7 Å². The summed E-state index contributed by atoms with van der Waals surface area (Å²) in [7, 11) is 0. The molecule has 18 heavy (non-hydrogen) atoms. The molecule has 0 spiro atoms. The summed E-state index contributed by atoms with van der Waals surface area (Å²) >= 11 is 0. The lowest BCUT2D eigenvalue weighted by atomic mass is 9.69. The molecule has 2 N–H and O–H groups in total. The van der Waals surface area contributed by atoms with Crippen LogP contribution in [0.25, 0.3) is 0 Å². The molecule has 4 nitrogen and oxygen atoms in total. The van der Waals surface area contributed by atoms with Crippen molar-refractivity contribution >= 4 is 5.97 Å². The monoisotopic (exact) mass is 256 g/mol. The van der Waals surface area contributed by atoms with Crippen molar-refractivity contribution in [2.45, 2.75) is 64.3 Å². The summed E-state index contributed by atoms with van der Waals surface area (Å²) in [4.78, 5) is 11.3. The second-order valence-corrected chi connectivity index (χ2v) is 5.72. The van der Waals surface area contributed by atoms with Crippen LogP contribution in [0.5, 0.6) is 0 Å². The number of carboxylic acids is 1. The summed E-state index contributed by atoms with van der Waals surface area (Å²) in [5.74, 6) is -2.63. The summed E-state index contributed by atoms with van der Waals surface area (Å²) in [5.41, 5.74) is 0. The normalized spacial score (nSPS) is 41.4. The number of fused-ring (bicyclic) bond motifs is 1. The molecule has 2 fully saturated rings. The van der Waals surface area contributed by atoms with Gasteiger partial charge in [-0.1, -0.05) is 20.3 Å². The maximum Gasteiger partial charge on any atom is 0.306 e. The zero-order valence-corrected chi connectivity index (χ0v) is 11.3. The number of carbonyl (C=O) groups is 1. The van der Waals surface area contributed by atoms with Gasteiger partial charge in [0, 0.05) is 11.8 Å². The Balaban J connectivity index is 2.22. The molecule has 1 heterocycles. The second-order valence-electron chi connectivity index (χ2n) is 5.72. The highest BCUT2D eigenvalue weighted by Gasteiger charge is 2.56. The highest BCUT2D eigenvalue weighted by atomic mass is 16.6. The Morgan fingerprint density at radius 3 is 2.72 bits per heavy atom. The van der Waals surface area contributed by atoms with Gasteiger partial charge in [0.25, 0.3) is 0 Å². The van der Waals surface area contributed by atoms with Crippen molar-refractivity contribution in [3.05, 3.63) is 0 Å². The molecule has 0 aromatic carbocycles. The van der Waals surface area contributed by atoms with Crippen molar-refractivity contribution in [3.63, 3.8) is 0 Å².